The first-order valence-electron chi connectivity index (χ1n) is 8.00. The first-order valence-corrected chi connectivity index (χ1v) is 8.00. The van der Waals surface area contributed by atoms with Gasteiger partial charge in [-0.05, 0) is 30.7 Å². The van der Waals surface area contributed by atoms with Crippen molar-refractivity contribution in [3.8, 4) is 5.75 Å². The highest BCUT2D eigenvalue weighted by molar-refractivity contribution is 5.76. The summed E-state index contributed by atoms with van der Waals surface area (Å²) in [4.78, 5) is 11.7. The van der Waals surface area contributed by atoms with E-state index >= 15 is 0 Å². The van der Waals surface area contributed by atoms with Gasteiger partial charge in [-0.2, -0.15) is 0 Å². The molecule has 0 fully saturated rings. The summed E-state index contributed by atoms with van der Waals surface area (Å²) in [5.41, 5.74) is 1.09. The Morgan fingerprint density at radius 3 is 2.41 bits per heavy atom. The first kappa shape index (κ1) is 18.5. The summed E-state index contributed by atoms with van der Waals surface area (Å²) < 4.78 is 5.70. The Morgan fingerprint density at radius 1 is 1.23 bits per heavy atom. The van der Waals surface area contributed by atoms with E-state index in [1.165, 1.54) is 5.56 Å². The van der Waals surface area contributed by atoms with Crippen LogP contribution in [0.2, 0.25) is 0 Å². The number of carbonyl (C=O) groups is 1. The number of benzene rings is 1. The van der Waals surface area contributed by atoms with Gasteiger partial charge in [0.2, 0.25) is 5.91 Å². The summed E-state index contributed by atoms with van der Waals surface area (Å²) in [7, 11) is 1.85. The molecule has 0 unspecified atom stereocenters. The van der Waals surface area contributed by atoms with Crippen LogP contribution in [0.5, 0.6) is 5.75 Å². The molecule has 0 atom stereocenters. The van der Waals surface area contributed by atoms with E-state index in [0.29, 0.717) is 25.4 Å². The van der Waals surface area contributed by atoms with E-state index in [1.54, 1.807) is 0 Å². The molecule has 22 heavy (non-hydrogen) atoms. The van der Waals surface area contributed by atoms with Crippen molar-refractivity contribution in [2.45, 2.75) is 39.5 Å². The van der Waals surface area contributed by atoms with Gasteiger partial charge < -0.3 is 15.4 Å². The van der Waals surface area contributed by atoms with Gasteiger partial charge in [-0.1, -0.05) is 39.8 Å². The molecule has 1 aromatic carbocycles. The Balaban J connectivity index is 2.55. The minimum atomic E-state index is -0.105. The van der Waals surface area contributed by atoms with Crippen LogP contribution >= 0.6 is 0 Å². The van der Waals surface area contributed by atoms with Gasteiger partial charge in [0.1, 0.15) is 5.75 Å². The molecule has 0 spiro atoms. The molecule has 124 valence electrons. The zero-order valence-electron chi connectivity index (χ0n) is 14.5. The molecule has 0 heterocycles. The fourth-order valence-corrected chi connectivity index (χ4v) is 2.01. The van der Waals surface area contributed by atoms with Gasteiger partial charge in [0.15, 0.2) is 0 Å². The number of amides is 1. The predicted molar refractivity (Wildman–Crippen MR) is 91.4 cm³/mol. The minimum absolute atomic E-state index is 0.0827. The molecule has 4 nitrogen and oxygen atoms in total. The van der Waals surface area contributed by atoms with Crippen molar-refractivity contribution in [3.05, 3.63) is 29.8 Å². The van der Waals surface area contributed by atoms with Gasteiger partial charge in [-0.15, -0.1) is 0 Å². The van der Waals surface area contributed by atoms with Gasteiger partial charge in [0, 0.05) is 24.9 Å². The number of nitrogens with one attached hydrogen (secondary N) is 2. The maximum Gasteiger partial charge on any atom is 0.221 e. The number of hydrogen-bond donors (Lipinski definition) is 2. The van der Waals surface area contributed by atoms with Crippen LogP contribution in [0.15, 0.2) is 24.3 Å². The molecule has 1 aromatic rings. The lowest BCUT2D eigenvalue weighted by Crippen LogP contribution is -2.37. The van der Waals surface area contributed by atoms with Gasteiger partial charge >= 0.3 is 0 Å². The standard InChI is InChI=1S/C18H30N2O2/c1-14(2)12-22-16-8-6-15(7-9-16)18(3,4)13-20-17(21)10-11-19-5/h6-9,14,19H,10-13H2,1-5H3,(H,20,21). The Morgan fingerprint density at radius 2 is 1.86 bits per heavy atom. The van der Waals surface area contributed by atoms with Crippen LogP contribution in [0.25, 0.3) is 0 Å². The molecular formula is C18H30N2O2. The molecule has 0 aliphatic rings. The van der Waals surface area contributed by atoms with E-state index in [1.807, 2.05) is 19.2 Å². The van der Waals surface area contributed by atoms with Gasteiger partial charge in [0.25, 0.3) is 0 Å². The molecule has 1 rings (SSSR count). The minimum Gasteiger partial charge on any atom is -0.493 e. The van der Waals surface area contributed by atoms with Gasteiger partial charge in [-0.3, -0.25) is 4.79 Å². The topological polar surface area (TPSA) is 50.4 Å². The summed E-state index contributed by atoms with van der Waals surface area (Å²) in [5, 5.41) is 5.98. The van der Waals surface area contributed by atoms with Crippen LogP contribution in [-0.2, 0) is 10.2 Å². The number of carbonyl (C=O) groups excluding carboxylic acids is 1. The van der Waals surface area contributed by atoms with Crippen molar-refractivity contribution in [1.29, 1.82) is 0 Å². The zero-order valence-corrected chi connectivity index (χ0v) is 14.5. The van der Waals surface area contributed by atoms with E-state index in [-0.39, 0.29) is 11.3 Å². The monoisotopic (exact) mass is 306 g/mol. The Kier molecular flexibility index (Phi) is 7.39. The van der Waals surface area contributed by atoms with E-state index in [0.717, 1.165) is 12.4 Å². The quantitative estimate of drug-likeness (QED) is 0.737. The van der Waals surface area contributed by atoms with Gasteiger partial charge in [-0.25, -0.2) is 0 Å². The summed E-state index contributed by atoms with van der Waals surface area (Å²) in [5.74, 6) is 1.49. The number of hydrogen-bond acceptors (Lipinski definition) is 3. The SMILES string of the molecule is CNCCC(=O)NCC(C)(C)c1ccc(OCC(C)C)cc1. The van der Waals surface area contributed by atoms with Crippen LogP contribution in [0.3, 0.4) is 0 Å². The Hall–Kier alpha value is -1.55. The average molecular weight is 306 g/mol. The fraction of sp³-hybridized carbons (Fsp3) is 0.611. The molecule has 0 bridgehead atoms. The van der Waals surface area contributed by atoms with Crippen molar-refractivity contribution in [1.82, 2.24) is 10.6 Å². The molecule has 0 saturated carbocycles. The van der Waals surface area contributed by atoms with Crippen molar-refractivity contribution in [3.63, 3.8) is 0 Å². The third kappa shape index (κ3) is 6.48. The van der Waals surface area contributed by atoms with Crippen molar-refractivity contribution in [2.24, 2.45) is 5.92 Å². The lowest BCUT2D eigenvalue weighted by Gasteiger charge is -2.26. The zero-order chi connectivity index (χ0) is 16.6. The molecule has 1 amide bonds. The van der Waals surface area contributed by atoms with E-state index in [9.17, 15) is 4.79 Å². The smallest absolute Gasteiger partial charge is 0.221 e. The normalized spacial score (nSPS) is 11.5. The van der Waals surface area contributed by atoms with E-state index < -0.39 is 0 Å². The fourth-order valence-electron chi connectivity index (χ4n) is 2.01. The maximum atomic E-state index is 11.7. The van der Waals surface area contributed by atoms with E-state index in [2.05, 4.69) is 50.5 Å². The third-order valence-corrected chi connectivity index (χ3v) is 3.55. The van der Waals surface area contributed by atoms with Gasteiger partial charge in [0.05, 0.1) is 6.61 Å². The Bertz CT molecular complexity index is 453. The highest BCUT2D eigenvalue weighted by atomic mass is 16.5. The number of ether oxygens (including phenoxy) is 1. The second-order valence-electron chi connectivity index (χ2n) is 6.74. The lowest BCUT2D eigenvalue weighted by molar-refractivity contribution is -0.121. The molecule has 0 aliphatic heterocycles. The average Bonchev–Trinajstić information content (AvgIpc) is 2.49. The molecule has 0 aromatic heterocycles. The second-order valence-corrected chi connectivity index (χ2v) is 6.74. The van der Waals surface area contributed by atoms with E-state index in [4.69, 9.17) is 4.74 Å². The summed E-state index contributed by atoms with van der Waals surface area (Å²) in [6.07, 6.45) is 0.508. The van der Waals surface area contributed by atoms with Crippen LogP contribution in [0, 0.1) is 5.92 Å². The lowest BCUT2D eigenvalue weighted by atomic mass is 9.84. The van der Waals surface area contributed by atoms with Crippen molar-refractivity contribution >= 4 is 5.91 Å². The predicted octanol–water partition coefficient (Wildman–Crippen LogP) is 2.72. The molecular weight excluding hydrogens is 276 g/mol. The maximum absolute atomic E-state index is 11.7. The molecule has 0 saturated heterocycles. The van der Waals surface area contributed by atoms with Crippen LogP contribution in [0.4, 0.5) is 0 Å². The first-order chi connectivity index (χ1) is 10.3. The van der Waals surface area contributed by atoms with Crippen LogP contribution < -0.4 is 15.4 Å². The molecule has 0 radical (unpaired) electrons. The molecule has 2 N–H and O–H groups in total. The van der Waals surface area contributed by atoms with Crippen LogP contribution in [-0.4, -0.2) is 32.7 Å². The van der Waals surface area contributed by atoms with Crippen molar-refractivity contribution in [2.75, 3.05) is 26.7 Å². The summed E-state index contributed by atoms with van der Waals surface area (Å²) in [6, 6.07) is 8.16. The highest BCUT2D eigenvalue weighted by Crippen LogP contribution is 2.24. The van der Waals surface area contributed by atoms with Crippen molar-refractivity contribution < 1.29 is 9.53 Å². The summed E-state index contributed by atoms with van der Waals surface area (Å²) in [6.45, 7) is 10.6. The highest BCUT2D eigenvalue weighted by Gasteiger charge is 2.21. The molecule has 0 aliphatic carbocycles. The number of rotatable bonds is 9. The molecule has 4 heteroatoms. The Labute approximate surface area is 134 Å². The largest absolute Gasteiger partial charge is 0.493 e. The second kappa shape index (κ2) is 8.79. The summed E-state index contributed by atoms with van der Waals surface area (Å²) >= 11 is 0. The third-order valence-electron chi connectivity index (χ3n) is 3.55. The van der Waals surface area contributed by atoms with Crippen LogP contribution in [0.1, 0.15) is 39.7 Å².